The fraction of sp³-hybridized carbons (Fsp3) is 0.828. The molecule has 4 saturated carbocycles. The number of rotatable bonds is 8. The lowest BCUT2D eigenvalue weighted by Crippen LogP contribution is -2.58. The van der Waals surface area contributed by atoms with Crippen LogP contribution < -0.4 is 10.0 Å². The van der Waals surface area contributed by atoms with Crippen molar-refractivity contribution in [2.24, 2.45) is 17.8 Å². The summed E-state index contributed by atoms with van der Waals surface area (Å²) >= 11 is 0. The van der Waals surface area contributed by atoms with Crippen LogP contribution in [-0.4, -0.2) is 78.4 Å². The Hall–Kier alpha value is -1.94. The van der Waals surface area contributed by atoms with Gasteiger partial charge in [-0.15, -0.1) is 0 Å². The van der Waals surface area contributed by atoms with Gasteiger partial charge in [-0.1, -0.05) is 25.0 Å². The van der Waals surface area contributed by atoms with Gasteiger partial charge >= 0.3 is 0 Å². The molecule has 2 N–H and O–H groups in total. The quantitative estimate of drug-likeness (QED) is 0.441. The van der Waals surface area contributed by atoms with Crippen LogP contribution in [0, 0.1) is 17.8 Å². The Morgan fingerprint density at radius 3 is 2.36 bits per heavy atom. The van der Waals surface area contributed by atoms with Crippen LogP contribution in [0.3, 0.4) is 0 Å². The van der Waals surface area contributed by atoms with Crippen LogP contribution in [0.25, 0.3) is 0 Å². The molecular weight excluding hydrogens is 516 g/mol. The Bertz CT molecular complexity index is 1100. The third-order valence-electron chi connectivity index (χ3n) is 9.62. The second kappa shape index (κ2) is 10.8. The minimum Gasteiger partial charge on any atom is -0.339 e. The van der Waals surface area contributed by atoms with Gasteiger partial charge in [0.2, 0.25) is 21.8 Å². The topological polar surface area (TPSA) is 116 Å². The van der Waals surface area contributed by atoms with Crippen molar-refractivity contribution in [1.29, 1.82) is 0 Å². The maximum absolute atomic E-state index is 14.2. The van der Waals surface area contributed by atoms with Gasteiger partial charge in [-0.25, -0.2) is 8.42 Å². The highest BCUT2D eigenvalue weighted by atomic mass is 32.2. The molecule has 0 aromatic rings. The zero-order chi connectivity index (χ0) is 27.2. The van der Waals surface area contributed by atoms with Crippen LogP contribution in [0.2, 0.25) is 0 Å². The van der Waals surface area contributed by atoms with Gasteiger partial charge in [0.25, 0.3) is 5.91 Å². The average Bonchev–Trinajstić information content (AvgIpc) is 3.69. The van der Waals surface area contributed by atoms with E-state index in [4.69, 9.17) is 0 Å². The molecule has 9 nitrogen and oxygen atoms in total. The molecular formula is C29H44N4O5S. The highest BCUT2D eigenvalue weighted by molar-refractivity contribution is 7.91. The van der Waals surface area contributed by atoms with Crippen LogP contribution in [0.5, 0.6) is 0 Å². The van der Waals surface area contributed by atoms with E-state index in [0.29, 0.717) is 44.1 Å². The summed E-state index contributed by atoms with van der Waals surface area (Å²) in [5.41, 5.74) is -1.27. The average molecular weight is 561 g/mol. The molecule has 0 radical (unpaired) electrons. The molecule has 0 aromatic heterocycles. The largest absolute Gasteiger partial charge is 0.339 e. The van der Waals surface area contributed by atoms with Crippen molar-refractivity contribution in [3.8, 4) is 0 Å². The smallest absolute Gasteiger partial charge is 0.259 e. The summed E-state index contributed by atoms with van der Waals surface area (Å²) in [6.45, 7) is 2.49. The Kier molecular flexibility index (Phi) is 7.54. The number of nitrogens with one attached hydrogen (secondary N) is 2. The van der Waals surface area contributed by atoms with E-state index in [9.17, 15) is 22.8 Å². The lowest BCUT2D eigenvalue weighted by atomic mass is 10.0. The van der Waals surface area contributed by atoms with Gasteiger partial charge in [-0.2, -0.15) is 0 Å². The van der Waals surface area contributed by atoms with Gasteiger partial charge in [0.1, 0.15) is 11.6 Å². The number of hydrogen-bond donors (Lipinski definition) is 2. The van der Waals surface area contributed by atoms with Crippen LogP contribution in [0.4, 0.5) is 0 Å². The van der Waals surface area contributed by atoms with E-state index in [1.165, 1.54) is 25.7 Å². The molecule has 0 spiro atoms. The molecule has 4 aliphatic carbocycles. The van der Waals surface area contributed by atoms with Crippen molar-refractivity contribution in [1.82, 2.24) is 19.8 Å². The Morgan fingerprint density at radius 1 is 0.974 bits per heavy atom. The number of nitrogens with zero attached hydrogens (tertiary/aromatic N) is 2. The van der Waals surface area contributed by atoms with Crippen molar-refractivity contribution >= 4 is 27.7 Å². The molecule has 2 aliphatic heterocycles. The van der Waals surface area contributed by atoms with E-state index in [1.54, 1.807) is 4.90 Å². The molecule has 0 aromatic carbocycles. The molecule has 0 bridgehead atoms. The van der Waals surface area contributed by atoms with Crippen LogP contribution >= 0.6 is 0 Å². The van der Waals surface area contributed by atoms with Gasteiger partial charge in [-0.05, 0) is 88.9 Å². The molecule has 0 unspecified atom stereocenters. The lowest BCUT2D eigenvalue weighted by Gasteiger charge is -2.36. The van der Waals surface area contributed by atoms with E-state index in [0.717, 1.165) is 51.6 Å². The lowest BCUT2D eigenvalue weighted by molar-refractivity contribution is -0.144. The summed E-state index contributed by atoms with van der Waals surface area (Å²) in [6.07, 6.45) is 16.5. The summed E-state index contributed by atoms with van der Waals surface area (Å²) in [4.78, 5) is 45.4. The first kappa shape index (κ1) is 27.2. The summed E-state index contributed by atoms with van der Waals surface area (Å²) in [5.74, 6) is 0.216. The predicted octanol–water partition coefficient (Wildman–Crippen LogP) is 2.47. The molecule has 6 aliphatic rings. The van der Waals surface area contributed by atoms with Crippen molar-refractivity contribution in [3.05, 3.63) is 12.2 Å². The molecule has 3 amide bonds. The minimum atomic E-state index is -3.73. The number of fused-ring (bicyclic) bond motifs is 2. The maximum atomic E-state index is 14.2. The molecule has 4 atom stereocenters. The Morgan fingerprint density at radius 2 is 1.69 bits per heavy atom. The molecule has 5 fully saturated rings. The van der Waals surface area contributed by atoms with Crippen molar-refractivity contribution < 1.29 is 22.8 Å². The van der Waals surface area contributed by atoms with E-state index < -0.39 is 32.8 Å². The second-order valence-corrected chi connectivity index (χ2v) is 15.0. The van der Waals surface area contributed by atoms with Crippen LogP contribution in [0.15, 0.2) is 12.2 Å². The second-order valence-electron chi connectivity index (χ2n) is 13.1. The number of carbonyl (C=O) groups is 3. The molecule has 10 heteroatoms. The van der Waals surface area contributed by atoms with Crippen LogP contribution in [0.1, 0.15) is 89.9 Å². The zero-order valence-corrected chi connectivity index (χ0v) is 23.8. The number of sulfonamides is 1. The Labute approximate surface area is 232 Å². The summed E-state index contributed by atoms with van der Waals surface area (Å²) in [7, 11) is -3.73. The van der Waals surface area contributed by atoms with Gasteiger partial charge in [0, 0.05) is 25.6 Å². The minimum absolute atomic E-state index is 0.0594. The number of amides is 3. The fourth-order valence-electron chi connectivity index (χ4n) is 6.55. The third kappa shape index (κ3) is 6.21. The van der Waals surface area contributed by atoms with Gasteiger partial charge in [0.05, 0.1) is 11.3 Å². The van der Waals surface area contributed by atoms with E-state index in [1.807, 2.05) is 6.08 Å². The number of hydrogen-bond acceptors (Lipinski definition) is 6. The van der Waals surface area contributed by atoms with Gasteiger partial charge in [-0.3, -0.25) is 24.0 Å². The molecule has 6 rings (SSSR count). The first-order chi connectivity index (χ1) is 18.8. The normalized spacial score (nSPS) is 34.9. The molecule has 1 saturated heterocycles. The van der Waals surface area contributed by atoms with Crippen molar-refractivity contribution in [2.75, 3.05) is 19.6 Å². The molecule has 2 heterocycles. The first-order valence-corrected chi connectivity index (χ1v) is 16.9. The summed E-state index contributed by atoms with van der Waals surface area (Å²) < 4.78 is 27.4. The maximum Gasteiger partial charge on any atom is 0.259 e. The van der Waals surface area contributed by atoms with E-state index in [2.05, 4.69) is 21.0 Å². The van der Waals surface area contributed by atoms with E-state index in [-0.39, 0.29) is 23.8 Å². The predicted molar refractivity (Wildman–Crippen MR) is 147 cm³/mol. The van der Waals surface area contributed by atoms with Crippen molar-refractivity contribution in [3.63, 3.8) is 0 Å². The third-order valence-corrected chi connectivity index (χ3v) is 11.4. The number of carbonyl (C=O) groups excluding carboxylic acids is 3. The zero-order valence-electron chi connectivity index (χ0n) is 23.0. The monoisotopic (exact) mass is 560 g/mol. The highest BCUT2D eigenvalue weighted by Crippen LogP contribution is 2.46. The Balaban J connectivity index is 1.23. The van der Waals surface area contributed by atoms with Gasteiger partial charge in [0.15, 0.2) is 0 Å². The SMILES string of the molecule is O=C1N[C@]2(C(=O)NS(=O)(=O)C3CC3)C[C@H]2/C=C\CCCCC[C@H](N(CC2CC2)CC2CC2)C(=O)N2CCC[C@@H]12. The van der Waals surface area contributed by atoms with Crippen molar-refractivity contribution in [2.45, 2.75) is 113 Å². The van der Waals surface area contributed by atoms with E-state index >= 15 is 0 Å². The fourth-order valence-corrected chi connectivity index (χ4v) is 7.92. The first-order valence-electron chi connectivity index (χ1n) is 15.4. The highest BCUT2D eigenvalue weighted by Gasteiger charge is 2.62. The van der Waals surface area contributed by atoms with Crippen LogP contribution in [-0.2, 0) is 24.4 Å². The summed E-state index contributed by atoms with van der Waals surface area (Å²) in [5, 5.41) is 2.45. The summed E-state index contributed by atoms with van der Waals surface area (Å²) in [6, 6.07) is -0.821. The van der Waals surface area contributed by atoms with Gasteiger partial charge < -0.3 is 10.2 Å². The number of allylic oxidation sites excluding steroid dienone is 1. The standard InChI is InChI=1S/C29H44N4O5S/c34-26-24-9-6-16-33(24)27(35)25(32(18-20-10-11-20)19-21-12-13-21)8-5-3-1-2-4-7-22-17-29(22,30-26)28(36)31-39(37,38)23-14-15-23/h4,7,20-25H,1-3,5-6,8-19H2,(H,30,34)(H,31,36)/b7-4-/t22-,24+,25+,29-/m1/s1. The molecule has 39 heavy (non-hydrogen) atoms. The molecule has 216 valence electrons.